The van der Waals surface area contributed by atoms with E-state index in [9.17, 15) is 5.11 Å². The largest absolute Gasteiger partial charge is 0.508 e. The maximum Gasteiger partial charge on any atom is 0.115 e. The number of aromatic hydroxyl groups is 1. The minimum absolute atomic E-state index is 0.260. The van der Waals surface area contributed by atoms with E-state index >= 15 is 0 Å². The molecule has 0 aliphatic rings. The van der Waals surface area contributed by atoms with Gasteiger partial charge in [0, 0.05) is 30.1 Å². The van der Waals surface area contributed by atoms with E-state index in [4.69, 9.17) is 4.42 Å². The van der Waals surface area contributed by atoms with Gasteiger partial charge in [0.05, 0.1) is 18.2 Å². The van der Waals surface area contributed by atoms with Crippen molar-refractivity contribution in [1.82, 2.24) is 4.98 Å². The Morgan fingerprint density at radius 3 is 2.65 bits per heavy atom. The third-order valence-electron chi connectivity index (χ3n) is 3.02. The molecular weight excluding hydrogens is 252 g/mol. The highest BCUT2D eigenvalue weighted by molar-refractivity contribution is 5.67. The molecule has 0 aliphatic heterocycles. The van der Waals surface area contributed by atoms with E-state index in [2.05, 4.69) is 10.3 Å². The highest BCUT2D eigenvalue weighted by atomic mass is 16.3. The summed E-state index contributed by atoms with van der Waals surface area (Å²) < 4.78 is 5.03. The zero-order chi connectivity index (χ0) is 13.8. The number of hydrogen-bond acceptors (Lipinski definition) is 4. The number of phenols is 1. The minimum atomic E-state index is 0.260. The number of benzene rings is 1. The molecule has 4 heteroatoms. The lowest BCUT2D eigenvalue weighted by molar-refractivity contribution is 0.475. The molecule has 4 nitrogen and oxygen atoms in total. The van der Waals surface area contributed by atoms with Crippen molar-refractivity contribution in [1.29, 1.82) is 0 Å². The van der Waals surface area contributed by atoms with Crippen molar-refractivity contribution in [2.75, 3.05) is 5.32 Å². The fraction of sp³-hybridized carbons (Fsp3) is 0.0625. The van der Waals surface area contributed by atoms with Gasteiger partial charge in [-0.3, -0.25) is 4.98 Å². The van der Waals surface area contributed by atoms with Crippen LogP contribution >= 0.6 is 0 Å². The molecule has 0 unspecified atom stereocenters. The van der Waals surface area contributed by atoms with Crippen molar-refractivity contribution in [3.63, 3.8) is 0 Å². The normalized spacial score (nSPS) is 10.4. The molecule has 0 aliphatic carbocycles. The van der Waals surface area contributed by atoms with Crippen molar-refractivity contribution in [3.05, 3.63) is 66.9 Å². The third-order valence-corrected chi connectivity index (χ3v) is 3.02. The summed E-state index contributed by atoms with van der Waals surface area (Å²) in [7, 11) is 0. The molecule has 0 spiro atoms. The quantitative estimate of drug-likeness (QED) is 0.756. The number of rotatable bonds is 4. The van der Waals surface area contributed by atoms with Gasteiger partial charge in [0.2, 0.25) is 0 Å². The maximum absolute atomic E-state index is 9.31. The summed E-state index contributed by atoms with van der Waals surface area (Å²) in [6.07, 6.45) is 6.95. The molecule has 2 aromatic heterocycles. The predicted molar refractivity (Wildman–Crippen MR) is 77.4 cm³/mol. The lowest BCUT2D eigenvalue weighted by Crippen LogP contribution is -1.98. The van der Waals surface area contributed by atoms with E-state index in [1.165, 1.54) is 0 Å². The maximum atomic E-state index is 9.31. The average molecular weight is 266 g/mol. The Balaban J connectivity index is 1.77. The zero-order valence-electron chi connectivity index (χ0n) is 10.8. The molecule has 0 fully saturated rings. The van der Waals surface area contributed by atoms with Gasteiger partial charge in [0.15, 0.2) is 0 Å². The van der Waals surface area contributed by atoms with E-state index in [1.807, 2.05) is 24.3 Å². The smallest absolute Gasteiger partial charge is 0.115 e. The second-order valence-corrected chi connectivity index (χ2v) is 4.49. The SMILES string of the molecule is Oc1ccc(-c2cncc(NCc3ccoc3)c2)cc1. The van der Waals surface area contributed by atoms with Crippen LogP contribution in [0.4, 0.5) is 5.69 Å². The molecule has 100 valence electrons. The first-order valence-electron chi connectivity index (χ1n) is 6.31. The van der Waals surface area contributed by atoms with E-state index in [0.717, 1.165) is 22.4 Å². The summed E-state index contributed by atoms with van der Waals surface area (Å²) in [5.41, 5.74) is 4.04. The lowest BCUT2D eigenvalue weighted by atomic mass is 10.1. The molecule has 0 radical (unpaired) electrons. The lowest BCUT2D eigenvalue weighted by Gasteiger charge is -2.07. The van der Waals surface area contributed by atoms with Crippen LogP contribution in [-0.4, -0.2) is 10.1 Å². The molecule has 2 heterocycles. The zero-order valence-corrected chi connectivity index (χ0v) is 10.8. The first-order chi connectivity index (χ1) is 9.81. The van der Waals surface area contributed by atoms with Gasteiger partial charge in [-0.25, -0.2) is 0 Å². The number of nitrogens with zero attached hydrogens (tertiary/aromatic N) is 1. The fourth-order valence-corrected chi connectivity index (χ4v) is 1.95. The fourth-order valence-electron chi connectivity index (χ4n) is 1.95. The number of furan rings is 1. The molecule has 0 saturated heterocycles. The van der Waals surface area contributed by atoms with Crippen LogP contribution in [0.1, 0.15) is 5.56 Å². The van der Waals surface area contributed by atoms with Crippen LogP contribution in [0.5, 0.6) is 5.75 Å². The number of anilines is 1. The summed E-state index contributed by atoms with van der Waals surface area (Å²) in [5, 5.41) is 12.6. The van der Waals surface area contributed by atoms with Crippen LogP contribution < -0.4 is 5.32 Å². The first kappa shape index (κ1) is 12.3. The van der Waals surface area contributed by atoms with Gasteiger partial charge in [-0.05, 0) is 29.8 Å². The molecule has 1 aromatic carbocycles. The second-order valence-electron chi connectivity index (χ2n) is 4.49. The monoisotopic (exact) mass is 266 g/mol. The van der Waals surface area contributed by atoms with Gasteiger partial charge in [0.25, 0.3) is 0 Å². The number of nitrogens with one attached hydrogen (secondary N) is 1. The first-order valence-corrected chi connectivity index (χ1v) is 6.31. The second kappa shape index (κ2) is 5.48. The van der Waals surface area contributed by atoms with E-state index in [-0.39, 0.29) is 5.75 Å². The van der Waals surface area contributed by atoms with Crippen LogP contribution in [0.3, 0.4) is 0 Å². The highest BCUT2D eigenvalue weighted by Crippen LogP contribution is 2.23. The van der Waals surface area contributed by atoms with Gasteiger partial charge in [-0.1, -0.05) is 12.1 Å². The predicted octanol–water partition coefficient (Wildman–Crippen LogP) is 3.66. The average Bonchev–Trinajstić information content (AvgIpc) is 3.00. The van der Waals surface area contributed by atoms with Crippen molar-refractivity contribution in [3.8, 4) is 16.9 Å². The standard InChI is InChI=1S/C16H14N2O2/c19-16-3-1-13(2-4-16)14-7-15(10-17-9-14)18-8-12-5-6-20-11-12/h1-7,9-11,18-19H,8H2. The number of phenolic OH excluding ortho intramolecular Hbond substituents is 1. The summed E-state index contributed by atoms with van der Waals surface area (Å²) in [5.74, 6) is 0.260. The van der Waals surface area contributed by atoms with Crippen LogP contribution in [0.2, 0.25) is 0 Å². The van der Waals surface area contributed by atoms with Gasteiger partial charge in [-0.2, -0.15) is 0 Å². The molecular formula is C16H14N2O2. The highest BCUT2D eigenvalue weighted by Gasteiger charge is 2.01. The van der Waals surface area contributed by atoms with Crippen LogP contribution in [0, 0.1) is 0 Å². The Hall–Kier alpha value is -2.75. The van der Waals surface area contributed by atoms with E-state index in [1.54, 1.807) is 37.1 Å². The summed E-state index contributed by atoms with van der Waals surface area (Å²) in [4.78, 5) is 4.23. The Kier molecular flexibility index (Phi) is 3.37. The molecule has 3 aromatic rings. The van der Waals surface area contributed by atoms with Crippen molar-refractivity contribution >= 4 is 5.69 Å². The number of aromatic nitrogens is 1. The van der Waals surface area contributed by atoms with Crippen LogP contribution in [0.15, 0.2) is 65.7 Å². The van der Waals surface area contributed by atoms with Gasteiger partial charge in [-0.15, -0.1) is 0 Å². The molecule has 0 saturated carbocycles. The van der Waals surface area contributed by atoms with Gasteiger partial charge >= 0.3 is 0 Å². The third kappa shape index (κ3) is 2.80. The minimum Gasteiger partial charge on any atom is -0.508 e. The molecule has 0 bridgehead atoms. The molecule has 0 atom stereocenters. The Morgan fingerprint density at radius 2 is 1.90 bits per heavy atom. The topological polar surface area (TPSA) is 58.3 Å². The Morgan fingerprint density at radius 1 is 1.05 bits per heavy atom. The summed E-state index contributed by atoms with van der Waals surface area (Å²) in [6.45, 7) is 0.692. The summed E-state index contributed by atoms with van der Waals surface area (Å²) in [6, 6.07) is 11.0. The van der Waals surface area contributed by atoms with E-state index in [0.29, 0.717) is 6.54 Å². The Bertz CT molecular complexity index is 676. The molecule has 20 heavy (non-hydrogen) atoms. The van der Waals surface area contributed by atoms with Crippen LogP contribution in [-0.2, 0) is 6.54 Å². The van der Waals surface area contributed by atoms with Crippen LogP contribution in [0.25, 0.3) is 11.1 Å². The molecule has 0 amide bonds. The molecule has 3 rings (SSSR count). The Labute approximate surface area is 116 Å². The van der Waals surface area contributed by atoms with E-state index < -0.39 is 0 Å². The number of hydrogen-bond donors (Lipinski definition) is 2. The van der Waals surface area contributed by atoms with Gasteiger partial charge in [0.1, 0.15) is 5.75 Å². The number of pyridine rings is 1. The summed E-state index contributed by atoms with van der Waals surface area (Å²) >= 11 is 0. The van der Waals surface area contributed by atoms with Crippen molar-refractivity contribution in [2.45, 2.75) is 6.54 Å². The van der Waals surface area contributed by atoms with Gasteiger partial charge < -0.3 is 14.8 Å². The van der Waals surface area contributed by atoms with Crippen molar-refractivity contribution in [2.24, 2.45) is 0 Å². The molecule has 2 N–H and O–H groups in total. The van der Waals surface area contributed by atoms with Crippen molar-refractivity contribution < 1.29 is 9.52 Å².